The first-order chi connectivity index (χ1) is 6.10. The third-order valence-electron chi connectivity index (χ3n) is 2.80. The number of nitrogens with two attached hydrogens (primary N) is 1. The maximum Gasteiger partial charge on any atom is 0.216 e. The zero-order valence-electron chi connectivity index (χ0n) is 8.05. The predicted molar refractivity (Wildman–Crippen MR) is 58.0 cm³/mol. The van der Waals surface area contributed by atoms with Gasteiger partial charge in [0.2, 0.25) is 10.0 Å². The largest absolute Gasteiger partial charge is 0.328 e. The molecule has 0 atom stereocenters. The fraction of sp³-hybridized carbons (Fsp3) is 1.00. The zero-order chi connectivity index (χ0) is 9.47. The summed E-state index contributed by atoms with van der Waals surface area (Å²) in [4.78, 5) is 0. The van der Waals surface area contributed by atoms with Gasteiger partial charge in [-0.25, -0.2) is 12.7 Å². The molecule has 14 heavy (non-hydrogen) atoms. The van der Waals surface area contributed by atoms with E-state index in [1.165, 1.54) is 0 Å². The van der Waals surface area contributed by atoms with Gasteiger partial charge in [-0.3, -0.25) is 0 Å². The Labute approximate surface area is 91.3 Å². The van der Waals surface area contributed by atoms with Crippen molar-refractivity contribution in [2.75, 3.05) is 13.1 Å². The molecule has 4 nitrogen and oxygen atoms in total. The van der Waals surface area contributed by atoms with Crippen LogP contribution in [0.1, 0.15) is 25.7 Å². The molecule has 0 aromatic rings. The van der Waals surface area contributed by atoms with Crippen LogP contribution in [0.2, 0.25) is 0 Å². The molecule has 1 saturated heterocycles. The van der Waals surface area contributed by atoms with Gasteiger partial charge in [-0.15, -0.1) is 12.4 Å². The van der Waals surface area contributed by atoms with Crippen LogP contribution < -0.4 is 5.73 Å². The van der Waals surface area contributed by atoms with Crippen molar-refractivity contribution in [1.82, 2.24) is 4.31 Å². The summed E-state index contributed by atoms with van der Waals surface area (Å²) in [5.74, 6) is 0. The van der Waals surface area contributed by atoms with Crippen LogP contribution in [-0.4, -0.2) is 37.1 Å². The van der Waals surface area contributed by atoms with E-state index < -0.39 is 10.0 Å². The summed E-state index contributed by atoms with van der Waals surface area (Å²) in [5.41, 5.74) is 5.71. The first kappa shape index (κ1) is 12.2. The van der Waals surface area contributed by atoms with E-state index in [0.717, 1.165) is 25.7 Å². The molecule has 2 fully saturated rings. The maximum atomic E-state index is 11.7. The minimum absolute atomic E-state index is 0. The van der Waals surface area contributed by atoms with Crippen LogP contribution in [-0.2, 0) is 10.0 Å². The summed E-state index contributed by atoms with van der Waals surface area (Å²) in [6.07, 6.45) is 3.33. The van der Waals surface area contributed by atoms with Gasteiger partial charge < -0.3 is 5.73 Å². The van der Waals surface area contributed by atoms with Crippen molar-refractivity contribution in [1.29, 1.82) is 0 Å². The van der Waals surface area contributed by atoms with Crippen molar-refractivity contribution < 1.29 is 8.42 Å². The average Bonchev–Trinajstić information content (AvgIpc) is 2.87. The van der Waals surface area contributed by atoms with E-state index >= 15 is 0 Å². The van der Waals surface area contributed by atoms with Gasteiger partial charge in [-0.1, -0.05) is 0 Å². The minimum Gasteiger partial charge on any atom is -0.328 e. The highest BCUT2D eigenvalue weighted by Gasteiger charge is 2.40. The van der Waals surface area contributed by atoms with Crippen LogP contribution in [0.15, 0.2) is 0 Å². The van der Waals surface area contributed by atoms with Gasteiger partial charge in [0.05, 0.1) is 5.25 Å². The lowest BCUT2D eigenvalue weighted by atomic mass is 10.1. The van der Waals surface area contributed by atoms with E-state index in [1.807, 2.05) is 0 Å². The smallest absolute Gasteiger partial charge is 0.216 e. The molecule has 2 rings (SSSR count). The first-order valence-electron chi connectivity index (χ1n) is 4.85. The molecule has 0 amide bonds. The molecule has 84 valence electrons. The standard InChI is InChI=1S/C8H16N2O2S.ClH/c9-7-3-5-10(6-4-7)13(11,12)8-1-2-8;/h7-8H,1-6,9H2;1H. The summed E-state index contributed by atoms with van der Waals surface area (Å²) in [6.45, 7) is 1.25. The molecule has 2 aliphatic rings. The van der Waals surface area contributed by atoms with Crippen molar-refractivity contribution in [3.05, 3.63) is 0 Å². The quantitative estimate of drug-likeness (QED) is 0.756. The van der Waals surface area contributed by atoms with Gasteiger partial charge in [0.15, 0.2) is 0 Å². The van der Waals surface area contributed by atoms with E-state index in [1.54, 1.807) is 4.31 Å². The Kier molecular flexibility index (Phi) is 3.80. The topological polar surface area (TPSA) is 63.4 Å². The Morgan fingerprint density at radius 2 is 1.57 bits per heavy atom. The molecule has 6 heteroatoms. The number of rotatable bonds is 2. The van der Waals surface area contributed by atoms with Crippen LogP contribution in [0.25, 0.3) is 0 Å². The fourth-order valence-electron chi connectivity index (χ4n) is 1.71. The minimum atomic E-state index is -2.93. The Morgan fingerprint density at radius 1 is 1.07 bits per heavy atom. The second-order valence-electron chi connectivity index (χ2n) is 3.98. The average molecular weight is 241 g/mol. The Hall–Kier alpha value is 0.160. The Balaban J connectivity index is 0.000000980. The molecular weight excluding hydrogens is 224 g/mol. The molecule has 0 radical (unpaired) electrons. The molecule has 0 spiro atoms. The summed E-state index contributed by atoms with van der Waals surface area (Å²) in [5, 5.41) is -0.0678. The molecule has 1 aliphatic carbocycles. The Morgan fingerprint density at radius 3 is 2.00 bits per heavy atom. The molecule has 0 aromatic carbocycles. The van der Waals surface area contributed by atoms with Gasteiger partial charge in [-0.2, -0.15) is 0 Å². The van der Waals surface area contributed by atoms with Crippen molar-refractivity contribution in [3.8, 4) is 0 Å². The lowest BCUT2D eigenvalue weighted by Crippen LogP contribution is -2.44. The number of hydrogen-bond donors (Lipinski definition) is 1. The third-order valence-corrected chi connectivity index (χ3v) is 5.20. The lowest BCUT2D eigenvalue weighted by Gasteiger charge is -2.29. The highest BCUT2D eigenvalue weighted by Crippen LogP contribution is 2.32. The maximum absolute atomic E-state index is 11.7. The second-order valence-corrected chi connectivity index (χ2v) is 6.19. The van der Waals surface area contributed by atoms with E-state index in [4.69, 9.17) is 5.73 Å². The molecule has 1 heterocycles. The van der Waals surface area contributed by atoms with Crippen LogP contribution in [0, 0.1) is 0 Å². The van der Waals surface area contributed by atoms with Gasteiger partial charge in [0.25, 0.3) is 0 Å². The Bertz CT molecular complexity index is 282. The number of piperidine rings is 1. The number of halogens is 1. The lowest BCUT2D eigenvalue weighted by molar-refractivity contribution is 0.319. The van der Waals surface area contributed by atoms with Crippen LogP contribution in [0.4, 0.5) is 0 Å². The van der Waals surface area contributed by atoms with Gasteiger partial charge in [0, 0.05) is 19.1 Å². The highest BCUT2D eigenvalue weighted by molar-refractivity contribution is 7.90. The SMILES string of the molecule is Cl.NC1CCN(S(=O)(=O)C2CC2)CC1. The second kappa shape index (κ2) is 4.35. The molecule has 0 aromatic heterocycles. The van der Waals surface area contributed by atoms with E-state index in [2.05, 4.69) is 0 Å². The summed E-state index contributed by atoms with van der Waals surface area (Å²) in [7, 11) is -2.93. The van der Waals surface area contributed by atoms with Crippen molar-refractivity contribution in [3.63, 3.8) is 0 Å². The molecule has 1 saturated carbocycles. The van der Waals surface area contributed by atoms with Gasteiger partial charge >= 0.3 is 0 Å². The molecule has 1 aliphatic heterocycles. The number of nitrogens with zero attached hydrogens (tertiary/aromatic N) is 1. The van der Waals surface area contributed by atoms with E-state index in [0.29, 0.717) is 13.1 Å². The summed E-state index contributed by atoms with van der Waals surface area (Å²) >= 11 is 0. The normalized spacial score (nSPS) is 25.8. The predicted octanol–water partition coefficient (Wildman–Crippen LogP) is 0.323. The summed E-state index contributed by atoms with van der Waals surface area (Å²) in [6, 6.07) is 0.200. The zero-order valence-corrected chi connectivity index (χ0v) is 9.69. The van der Waals surface area contributed by atoms with Crippen LogP contribution >= 0.6 is 12.4 Å². The van der Waals surface area contributed by atoms with Gasteiger partial charge in [-0.05, 0) is 25.7 Å². The number of hydrogen-bond acceptors (Lipinski definition) is 3. The van der Waals surface area contributed by atoms with E-state index in [-0.39, 0.29) is 23.7 Å². The molecular formula is C8H17ClN2O2S. The highest BCUT2D eigenvalue weighted by atomic mass is 35.5. The van der Waals surface area contributed by atoms with Crippen molar-refractivity contribution >= 4 is 22.4 Å². The molecule has 0 unspecified atom stereocenters. The van der Waals surface area contributed by atoms with Gasteiger partial charge in [0.1, 0.15) is 0 Å². The first-order valence-corrected chi connectivity index (χ1v) is 6.35. The molecule has 0 bridgehead atoms. The van der Waals surface area contributed by atoms with Crippen molar-refractivity contribution in [2.24, 2.45) is 5.73 Å². The van der Waals surface area contributed by atoms with E-state index in [9.17, 15) is 8.42 Å². The fourth-order valence-corrected chi connectivity index (χ4v) is 3.58. The number of sulfonamides is 1. The van der Waals surface area contributed by atoms with Crippen molar-refractivity contribution in [2.45, 2.75) is 37.0 Å². The monoisotopic (exact) mass is 240 g/mol. The third kappa shape index (κ3) is 2.39. The van der Waals surface area contributed by atoms with Crippen LogP contribution in [0.5, 0.6) is 0 Å². The summed E-state index contributed by atoms with van der Waals surface area (Å²) < 4.78 is 25.1. The van der Waals surface area contributed by atoms with Crippen LogP contribution in [0.3, 0.4) is 0 Å². The molecule has 2 N–H and O–H groups in total.